The van der Waals surface area contributed by atoms with Crippen molar-refractivity contribution in [2.75, 3.05) is 33.2 Å². The van der Waals surface area contributed by atoms with Gasteiger partial charge >= 0.3 is 0 Å². The normalized spacial score (nSPS) is 22.8. The summed E-state index contributed by atoms with van der Waals surface area (Å²) in [7, 11) is 1.95. The summed E-state index contributed by atoms with van der Waals surface area (Å²) in [6.45, 7) is 8.65. The van der Waals surface area contributed by atoms with E-state index in [-0.39, 0.29) is 36.1 Å². The topological polar surface area (TPSA) is 90.9 Å². The van der Waals surface area contributed by atoms with Crippen molar-refractivity contribution in [1.29, 1.82) is 0 Å². The number of benzene rings is 1. The molecule has 7 nitrogen and oxygen atoms in total. The summed E-state index contributed by atoms with van der Waals surface area (Å²) in [5.74, 6) is 0.170. The molecule has 3 rings (SSSR count). The molecule has 2 aliphatic heterocycles. The van der Waals surface area contributed by atoms with Gasteiger partial charge in [0.1, 0.15) is 11.9 Å². The third-order valence-corrected chi connectivity index (χ3v) is 6.15. The number of amides is 1. The lowest BCUT2D eigenvalue weighted by atomic mass is 9.92. The van der Waals surface area contributed by atoms with E-state index in [1.165, 1.54) is 0 Å². The molecule has 2 saturated heterocycles. The molecular formula is C21H32ClN3O4. The number of phenols is 1. The van der Waals surface area contributed by atoms with Crippen LogP contribution in [0.15, 0.2) is 12.1 Å². The summed E-state index contributed by atoms with van der Waals surface area (Å²) >= 11 is 6.45. The lowest BCUT2D eigenvalue weighted by molar-refractivity contribution is -0.138. The molecule has 0 radical (unpaired) electrons. The number of phenolic OH excluding ortho intramolecular Hbond substituents is 1. The van der Waals surface area contributed by atoms with Crippen LogP contribution < -0.4 is 10.6 Å². The van der Waals surface area contributed by atoms with E-state index in [4.69, 9.17) is 16.3 Å². The number of hydrogen-bond acceptors (Lipinski definition) is 6. The first-order valence-corrected chi connectivity index (χ1v) is 10.6. The van der Waals surface area contributed by atoms with E-state index in [0.29, 0.717) is 37.5 Å². The van der Waals surface area contributed by atoms with Crippen molar-refractivity contribution < 1.29 is 19.4 Å². The smallest absolute Gasteiger partial charge is 0.293 e. The summed E-state index contributed by atoms with van der Waals surface area (Å²) in [5.41, 5.74) is 1.65. The van der Waals surface area contributed by atoms with Gasteiger partial charge in [0.25, 0.3) is 6.47 Å². The number of rotatable bonds is 7. The van der Waals surface area contributed by atoms with Gasteiger partial charge in [0, 0.05) is 37.2 Å². The van der Waals surface area contributed by atoms with Crippen molar-refractivity contribution in [1.82, 2.24) is 15.5 Å². The van der Waals surface area contributed by atoms with Crippen LogP contribution in [0.3, 0.4) is 0 Å². The zero-order valence-corrected chi connectivity index (χ0v) is 18.3. The van der Waals surface area contributed by atoms with Crippen molar-refractivity contribution in [3.63, 3.8) is 0 Å². The van der Waals surface area contributed by atoms with E-state index in [2.05, 4.69) is 15.5 Å². The van der Waals surface area contributed by atoms with Crippen LogP contribution in [0.4, 0.5) is 0 Å². The number of halogens is 1. The van der Waals surface area contributed by atoms with Crippen molar-refractivity contribution in [2.24, 2.45) is 5.92 Å². The molecule has 2 aliphatic rings. The third kappa shape index (κ3) is 5.41. The maximum Gasteiger partial charge on any atom is 0.293 e. The molecule has 0 saturated carbocycles. The van der Waals surface area contributed by atoms with Gasteiger partial charge in [-0.2, -0.15) is 0 Å². The summed E-state index contributed by atoms with van der Waals surface area (Å²) in [4.78, 5) is 25.2. The maximum atomic E-state index is 12.1. The number of hydrogen-bond donors (Lipinski definition) is 3. The van der Waals surface area contributed by atoms with Crippen LogP contribution in [0.1, 0.15) is 37.3 Å². The van der Waals surface area contributed by atoms with Gasteiger partial charge in [0.05, 0.1) is 17.5 Å². The van der Waals surface area contributed by atoms with Crippen molar-refractivity contribution >= 4 is 24.0 Å². The number of nitrogens with one attached hydrogen (secondary N) is 2. The van der Waals surface area contributed by atoms with E-state index in [0.717, 1.165) is 11.1 Å². The van der Waals surface area contributed by atoms with Crippen LogP contribution >= 0.6 is 11.6 Å². The molecule has 3 unspecified atom stereocenters. The molecule has 0 bridgehead atoms. The molecule has 0 aromatic heterocycles. The number of aromatic hydroxyl groups is 1. The van der Waals surface area contributed by atoms with Crippen LogP contribution in [-0.4, -0.2) is 67.8 Å². The molecular weight excluding hydrogens is 394 g/mol. The average molecular weight is 426 g/mol. The summed E-state index contributed by atoms with van der Waals surface area (Å²) in [5, 5.41) is 16.8. The highest BCUT2D eigenvalue weighted by Gasteiger charge is 2.39. The van der Waals surface area contributed by atoms with Gasteiger partial charge in [0.15, 0.2) is 0 Å². The number of carbonyl (C=O) groups excluding carboxylic acids is 2. The summed E-state index contributed by atoms with van der Waals surface area (Å²) in [6, 6.07) is 3.38. The van der Waals surface area contributed by atoms with Gasteiger partial charge in [-0.15, -0.1) is 0 Å². The highest BCUT2D eigenvalue weighted by Crippen LogP contribution is 2.41. The maximum absolute atomic E-state index is 12.1. The quantitative estimate of drug-likeness (QED) is 0.579. The number of aryl methyl sites for hydroxylation is 1. The molecule has 162 valence electrons. The molecule has 1 aromatic rings. The predicted molar refractivity (Wildman–Crippen MR) is 113 cm³/mol. The van der Waals surface area contributed by atoms with Gasteiger partial charge in [0.2, 0.25) is 5.91 Å². The first kappa shape index (κ1) is 23.4. The van der Waals surface area contributed by atoms with Gasteiger partial charge in [-0.3, -0.25) is 14.5 Å². The number of likely N-dealkylation sites (tertiary alicyclic amines) is 1. The van der Waals surface area contributed by atoms with Gasteiger partial charge in [-0.1, -0.05) is 31.5 Å². The minimum absolute atomic E-state index is 0.0148. The monoisotopic (exact) mass is 425 g/mol. The minimum atomic E-state index is -0.458. The van der Waals surface area contributed by atoms with Gasteiger partial charge in [-0.05, 0) is 32.0 Å². The second kappa shape index (κ2) is 10.8. The van der Waals surface area contributed by atoms with Crippen LogP contribution in [0, 0.1) is 12.8 Å². The average Bonchev–Trinajstić information content (AvgIpc) is 3.03. The minimum Gasteiger partial charge on any atom is -0.508 e. The fourth-order valence-corrected chi connectivity index (χ4v) is 4.23. The molecule has 29 heavy (non-hydrogen) atoms. The number of likely N-dealkylation sites (N-methyl/N-ethyl adjacent to an activating group) is 1. The van der Waals surface area contributed by atoms with Crippen LogP contribution in [-0.2, 0) is 14.3 Å². The summed E-state index contributed by atoms with van der Waals surface area (Å²) < 4.78 is 5.30. The number of carbonyl (C=O) groups is 2. The fourth-order valence-electron chi connectivity index (χ4n) is 3.92. The SMILES string of the molecule is CC.Cc1ccc(O)c(C2CC(C(CNC(=O)C3CNC3)OC=O)N(C)C2)c1Cl. The Morgan fingerprint density at radius 3 is 2.72 bits per heavy atom. The number of nitrogens with zero attached hydrogens (tertiary/aromatic N) is 1. The molecule has 2 fully saturated rings. The van der Waals surface area contributed by atoms with Crippen molar-refractivity contribution in [3.8, 4) is 5.75 Å². The summed E-state index contributed by atoms with van der Waals surface area (Å²) in [6.07, 6.45) is 0.215. The lowest BCUT2D eigenvalue weighted by Gasteiger charge is -2.30. The van der Waals surface area contributed by atoms with Crippen molar-refractivity contribution in [3.05, 3.63) is 28.3 Å². The van der Waals surface area contributed by atoms with Crippen LogP contribution in [0.5, 0.6) is 5.75 Å². The van der Waals surface area contributed by atoms with Crippen LogP contribution in [0.25, 0.3) is 0 Å². The Morgan fingerprint density at radius 1 is 1.45 bits per heavy atom. The van der Waals surface area contributed by atoms with E-state index in [1.54, 1.807) is 12.1 Å². The molecule has 3 atom stereocenters. The van der Waals surface area contributed by atoms with Gasteiger partial charge in [-0.25, -0.2) is 0 Å². The van der Waals surface area contributed by atoms with Crippen molar-refractivity contribution in [2.45, 2.75) is 45.3 Å². The Hall–Kier alpha value is -1.83. The molecule has 1 aromatic carbocycles. The second-order valence-corrected chi connectivity index (χ2v) is 7.82. The first-order chi connectivity index (χ1) is 13.9. The third-order valence-electron chi connectivity index (χ3n) is 5.65. The lowest BCUT2D eigenvalue weighted by Crippen LogP contribution is -2.53. The molecule has 2 heterocycles. The highest BCUT2D eigenvalue weighted by atomic mass is 35.5. The standard InChI is InChI=1S/C19H26ClN3O4.C2H6/c1-11-3-4-15(25)17(18(11)20)12-5-14(23(2)9-12)16(27-10-24)8-22-19(26)13-6-21-7-13;1-2/h3-4,10,12-14,16,21,25H,5-9H2,1-2H3,(H,22,26);1-2H3. The second-order valence-electron chi connectivity index (χ2n) is 7.44. The molecule has 0 spiro atoms. The Bertz CT molecular complexity index is 711. The Balaban J connectivity index is 0.00000145. The van der Waals surface area contributed by atoms with Crippen LogP contribution in [0.2, 0.25) is 5.02 Å². The van der Waals surface area contributed by atoms with E-state index < -0.39 is 6.10 Å². The zero-order chi connectivity index (χ0) is 21.6. The largest absolute Gasteiger partial charge is 0.508 e. The van der Waals surface area contributed by atoms with Gasteiger partial charge < -0.3 is 20.5 Å². The molecule has 1 amide bonds. The first-order valence-electron chi connectivity index (χ1n) is 10.2. The molecule has 0 aliphatic carbocycles. The fraction of sp³-hybridized carbons (Fsp3) is 0.619. The Morgan fingerprint density at radius 2 is 2.14 bits per heavy atom. The van der Waals surface area contributed by atoms with E-state index >= 15 is 0 Å². The Kier molecular flexibility index (Phi) is 8.74. The number of ether oxygens (including phenoxy) is 1. The van der Waals surface area contributed by atoms with E-state index in [9.17, 15) is 14.7 Å². The Labute approximate surface area is 177 Å². The molecule has 3 N–H and O–H groups in total. The zero-order valence-electron chi connectivity index (χ0n) is 17.6. The highest BCUT2D eigenvalue weighted by molar-refractivity contribution is 6.32. The predicted octanol–water partition coefficient (Wildman–Crippen LogP) is 2.05. The van der Waals surface area contributed by atoms with E-state index in [1.807, 2.05) is 27.8 Å². The molecule has 8 heteroatoms.